The molecule has 1 aromatic carbocycles. The van der Waals surface area contributed by atoms with Crippen LogP contribution in [0.15, 0.2) is 24.4 Å². The monoisotopic (exact) mass is 265 g/mol. The molecular weight excluding hydrogens is 249 g/mol. The molecular formula is C15H17ClFN. The molecule has 1 aromatic heterocycles. The maximum atomic E-state index is 13.7. The summed E-state index contributed by atoms with van der Waals surface area (Å²) in [6.07, 6.45) is 5.95. The smallest absolute Gasteiger partial charge is 0.132 e. The van der Waals surface area contributed by atoms with Gasteiger partial charge in [-0.05, 0) is 29.9 Å². The zero-order chi connectivity index (χ0) is 13.0. The third-order valence-corrected chi connectivity index (χ3v) is 3.49. The van der Waals surface area contributed by atoms with Crippen LogP contribution in [0.1, 0.15) is 37.4 Å². The SMILES string of the molecule is CCCCCc1c(CCl)ncc2c(F)cccc12. The molecule has 1 nitrogen and oxygen atoms in total. The number of hydrogen-bond acceptors (Lipinski definition) is 1. The van der Waals surface area contributed by atoms with Crippen LogP contribution in [0.3, 0.4) is 0 Å². The van der Waals surface area contributed by atoms with Crippen LogP contribution in [0, 0.1) is 5.82 Å². The Bertz CT molecular complexity index is 539. The van der Waals surface area contributed by atoms with Crippen molar-refractivity contribution >= 4 is 22.4 Å². The Morgan fingerprint density at radius 1 is 1.22 bits per heavy atom. The van der Waals surface area contributed by atoms with Gasteiger partial charge in [0.1, 0.15) is 5.82 Å². The molecule has 0 atom stereocenters. The number of fused-ring (bicyclic) bond motifs is 1. The molecule has 1 heterocycles. The van der Waals surface area contributed by atoms with Crippen LogP contribution in [0.4, 0.5) is 4.39 Å². The number of nitrogens with zero attached hydrogens (tertiary/aromatic N) is 1. The summed E-state index contributed by atoms with van der Waals surface area (Å²) in [6.45, 7) is 2.17. The second-order valence-corrected chi connectivity index (χ2v) is 4.74. The molecule has 96 valence electrons. The first kappa shape index (κ1) is 13.3. The summed E-state index contributed by atoms with van der Waals surface area (Å²) < 4.78 is 13.7. The number of aromatic nitrogens is 1. The summed E-state index contributed by atoms with van der Waals surface area (Å²) >= 11 is 5.93. The van der Waals surface area contributed by atoms with Gasteiger partial charge in [0.25, 0.3) is 0 Å². The number of benzene rings is 1. The lowest BCUT2D eigenvalue weighted by atomic mass is 9.99. The van der Waals surface area contributed by atoms with Crippen LogP contribution in [0.2, 0.25) is 0 Å². The van der Waals surface area contributed by atoms with Gasteiger partial charge < -0.3 is 0 Å². The molecule has 0 bridgehead atoms. The molecule has 2 rings (SSSR count). The molecule has 18 heavy (non-hydrogen) atoms. The first-order valence-electron chi connectivity index (χ1n) is 6.38. The van der Waals surface area contributed by atoms with Gasteiger partial charge in [-0.15, -0.1) is 11.6 Å². The molecule has 0 aliphatic rings. The Morgan fingerprint density at radius 2 is 2.06 bits per heavy atom. The molecule has 0 radical (unpaired) electrons. The maximum Gasteiger partial charge on any atom is 0.132 e. The molecule has 0 unspecified atom stereocenters. The zero-order valence-corrected chi connectivity index (χ0v) is 11.3. The van der Waals surface area contributed by atoms with Crippen LogP contribution in [0.25, 0.3) is 10.8 Å². The van der Waals surface area contributed by atoms with Crippen LogP contribution in [-0.2, 0) is 12.3 Å². The molecule has 0 N–H and O–H groups in total. The average molecular weight is 266 g/mol. The number of rotatable bonds is 5. The van der Waals surface area contributed by atoms with Crippen molar-refractivity contribution in [1.29, 1.82) is 0 Å². The van der Waals surface area contributed by atoms with Gasteiger partial charge in [-0.3, -0.25) is 4.98 Å². The van der Waals surface area contributed by atoms with Gasteiger partial charge in [-0.2, -0.15) is 0 Å². The summed E-state index contributed by atoms with van der Waals surface area (Å²) in [4.78, 5) is 4.29. The number of pyridine rings is 1. The average Bonchev–Trinajstić information content (AvgIpc) is 2.39. The van der Waals surface area contributed by atoms with Crippen molar-refractivity contribution in [3.63, 3.8) is 0 Å². The third kappa shape index (κ3) is 2.64. The Balaban J connectivity index is 2.48. The van der Waals surface area contributed by atoms with Gasteiger partial charge >= 0.3 is 0 Å². The number of aryl methyl sites for hydroxylation is 1. The zero-order valence-electron chi connectivity index (χ0n) is 10.5. The Labute approximate surface area is 112 Å². The Kier molecular flexibility index (Phi) is 4.54. The number of unbranched alkanes of at least 4 members (excludes halogenated alkanes) is 2. The highest BCUT2D eigenvalue weighted by atomic mass is 35.5. The minimum absolute atomic E-state index is 0.210. The van der Waals surface area contributed by atoms with Crippen molar-refractivity contribution in [3.05, 3.63) is 41.5 Å². The fourth-order valence-electron chi connectivity index (χ4n) is 2.25. The minimum atomic E-state index is -0.210. The highest BCUT2D eigenvalue weighted by Gasteiger charge is 2.10. The lowest BCUT2D eigenvalue weighted by Gasteiger charge is -2.10. The van der Waals surface area contributed by atoms with E-state index in [1.54, 1.807) is 12.3 Å². The third-order valence-electron chi connectivity index (χ3n) is 3.23. The van der Waals surface area contributed by atoms with Crippen molar-refractivity contribution in [1.82, 2.24) is 4.98 Å². The summed E-state index contributed by atoms with van der Waals surface area (Å²) in [6, 6.07) is 5.18. The molecule has 0 spiro atoms. The predicted octanol–water partition coefficient (Wildman–Crippen LogP) is 4.85. The molecule has 0 amide bonds. The predicted molar refractivity (Wildman–Crippen MR) is 74.5 cm³/mol. The van der Waals surface area contributed by atoms with Crippen molar-refractivity contribution in [2.75, 3.05) is 0 Å². The Morgan fingerprint density at radius 3 is 2.78 bits per heavy atom. The fraction of sp³-hybridized carbons (Fsp3) is 0.400. The second kappa shape index (κ2) is 6.14. The van der Waals surface area contributed by atoms with Crippen molar-refractivity contribution in [3.8, 4) is 0 Å². The van der Waals surface area contributed by atoms with Gasteiger partial charge in [0.2, 0.25) is 0 Å². The highest BCUT2D eigenvalue weighted by molar-refractivity contribution is 6.17. The molecule has 0 saturated carbocycles. The van der Waals surface area contributed by atoms with Crippen LogP contribution in [-0.4, -0.2) is 4.98 Å². The summed E-state index contributed by atoms with van der Waals surface area (Å²) in [5, 5.41) is 1.55. The lowest BCUT2D eigenvalue weighted by Crippen LogP contribution is -1.98. The Hall–Kier alpha value is -1.15. The summed E-state index contributed by atoms with van der Waals surface area (Å²) in [5.41, 5.74) is 1.99. The van der Waals surface area contributed by atoms with Crippen molar-refractivity contribution in [2.45, 2.75) is 38.5 Å². The number of halogens is 2. The van der Waals surface area contributed by atoms with E-state index in [2.05, 4.69) is 11.9 Å². The van der Waals surface area contributed by atoms with Gasteiger partial charge in [0, 0.05) is 11.6 Å². The molecule has 0 aliphatic carbocycles. The minimum Gasteiger partial charge on any atom is -0.259 e. The maximum absolute atomic E-state index is 13.7. The first-order valence-corrected chi connectivity index (χ1v) is 6.92. The molecule has 0 aliphatic heterocycles. The quantitative estimate of drug-likeness (QED) is 0.556. The van der Waals surface area contributed by atoms with Gasteiger partial charge in [0.15, 0.2) is 0 Å². The normalized spacial score (nSPS) is 11.1. The van der Waals surface area contributed by atoms with E-state index in [9.17, 15) is 4.39 Å². The van der Waals surface area contributed by atoms with Crippen molar-refractivity contribution < 1.29 is 4.39 Å². The van der Waals surface area contributed by atoms with Gasteiger partial charge in [-0.1, -0.05) is 31.9 Å². The first-order chi connectivity index (χ1) is 8.77. The molecule has 3 heteroatoms. The second-order valence-electron chi connectivity index (χ2n) is 4.48. The van der Waals surface area contributed by atoms with E-state index in [1.165, 1.54) is 18.9 Å². The van der Waals surface area contributed by atoms with E-state index in [1.807, 2.05) is 6.07 Å². The number of hydrogen-bond donors (Lipinski definition) is 0. The van der Waals surface area contributed by atoms with Gasteiger partial charge in [0.05, 0.1) is 11.6 Å². The van der Waals surface area contributed by atoms with E-state index in [-0.39, 0.29) is 5.82 Å². The molecule has 0 saturated heterocycles. The standard InChI is InChI=1S/C15H17ClFN/c1-2-3-4-6-12-11-7-5-8-14(17)13(11)10-18-15(12)9-16/h5,7-8,10H,2-4,6,9H2,1H3. The van der Waals surface area contributed by atoms with E-state index in [4.69, 9.17) is 11.6 Å². The number of alkyl halides is 1. The van der Waals surface area contributed by atoms with Crippen LogP contribution >= 0.6 is 11.6 Å². The van der Waals surface area contributed by atoms with E-state index in [0.29, 0.717) is 11.3 Å². The molecule has 0 fully saturated rings. The largest absolute Gasteiger partial charge is 0.259 e. The van der Waals surface area contributed by atoms with E-state index < -0.39 is 0 Å². The van der Waals surface area contributed by atoms with E-state index in [0.717, 1.165) is 29.5 Å². The van der Waals surface area contributed by atoms with Gasteiger partial charge in [-0.25, -0.2) is 4.39 Å². The summed E-state index contributed by atoms with van der Waals surface area (Å²) in [5.74, 6) is 0.173. The lowest BCUT2D eigenvalue weighted by molar-refractivity contribution is 0.639. The highest BCUT2D eigenvalue weighted by Crippen LogP contribution is 2.25. The van der Waals surface area contributed by atoms with Crippen molar-refractivity contribution in [2.24, 2.45) is 0 Å². The van der Waals surface area contributed by atoms with E-state index >= 15 is 0 Å². The topological polar surface area (TPSA) is 12.9 Å². The fourth-order valence-corrected chi connectivity index (χ4v) is 2.48. The van der Waals surface area contributed by atoms with Crippen LogP contribution < -0.4 is 0 Å². The molecule has 2 aromatic rings. The summed E-state index contributed by atoms with van der Waals surface area (Å²) in [7, 11) is 0. The van der Waals surface area contributed by atoms with Crippen LogP contribution in [0.5, 0.6) is 0 Å².